The second-order valence-electron chi connectivity index (χ2n) is 4.67. The van der Waals surface area contributed by atoms with Crippen LogP contribution in [0.1, 0.15) is 30.9 Å². The number of rotatable bonds is 7. The third-order valence-electron chi connectivity index (χ3n) is 3.05. The first-order valence-electron chi connectivity index (χ1n) is 6.70. The average molecular weight is 289 g/mol. The van der Waals surface area contributed by atoms with Crippen LogP contribution in [0.25, 0.3) is 0 Å². The summed E-state index contributed by atoms with van der Waals surface area (Å²) in [4.78, 5) is 24.2. The topological polar surface area (TPSA) is 93.4 Å². The number of hydrogen-bond acceptors (Lipinski definition) is 3. The minimum atomic E-state index is -0.900. The Morgan fingerprint density at radius 3 is 2.62 bits per heavy atom. The summed E-state index contributed by atoms with van der Waals surface area (Å²) in [5.74, 6) is -0.900. The Balaban J connectivity index is 2.71. The monoisotopic (exact) mass is 289 g/mol. The fourth-order valence-electron chi connectivity index (χ4n) is 1.85. The third-order valence-corrected chi connectivity index (χ3v) is 3.05. The Labute approximate surface area is 124 Å². The first-order valence-corrected chi connectivity index (χ1v) is 6.70. The van der Waals surface area contributed by atoms with E-state index in [9.17, 15) is 9.59 Å². The van der Waals surface area contributed by atoms with Crippen molar-refractivity contribution in [3.05, 3.63) is 35.9 Å². The lowest BCUT2D eigenvalue weighted by atomic mass is 10.0. The Kier molecular flexibility index (Phi) is 6.75. The van der Waals surface area contributed by atoms with E-state index in [4.69, 9.17) is 10.4 Å². The highest BCUT2D eigenvalue weighted by molar-refractivity contribution is 5.74. The van der Waals surface area contributed by atoms with E-state index in [2.05, 4.69) is 5.32 Å². The van der Waals surface area contributed by atoms with Gasteiger partial charge < -0.3 is 15.3 Å². The predicted octanol–water partition coefficient (Wildman–Crippen LogP) is 2.15. The minimum Gasteiger partial charge on any atom is -0.481 e. The molecule has 1 atom stereocenters. The molecule has 1 unspecified atom stereocenters. The van der Waals surface area contributed by atoms with Crippen molar-refractivity contribution in [1.29, 1.82) is 5.26 Å². The molecule has 1 aromatic carbocycles. The molecule has 0 aromatic heterocycles. The summed E-state index contributed by atoms with van der Waals surface area (Å²) in [5, 5.41) is 20.1. The van der Waals surface area contributed by atoms with E-state index in [1.165, 1.54) is 4.90 Å². The minimum absolute atomic E-state index is 0.0260. The van der Waals surface area contributed by atoms with E-state index >= 15 is 0 Å². The number of carbonyl (C=O) groups excluding carboxylic acids is 1. The number of amides is 2. The third kappa shape index (κ3) is 5.95. The molecule has 0 heterocycles. The molecule has 112 valence electrons. The molecule has 0 radical (unpaired) electrons. The maximum absolute atomic E-state index is 12.0. The molecule has 0 saturated heterocycles. The number of carboxylic acids is 1. The molecule has 2 N–H and O–H groups in total. The molecule has 0 aliphatic carbocycles. The highest BCUT2D eigenvalue weighted by atomic mass is 16.4. The summed E-state index contributed by atoms with van der Waals surface area (Å²) in [6.45, 7) is 0.336. The number of aliphatic carboxylic acids is 1. The maximum atomic E-state index is 12.0. The molecular formula is C15H19N3O3. The van der Waals surface area contributed by atoms with Crippen LogP contribution in [0.2, 0.25) is 0 Å². The van der Waals surface area contributed by atoms with Crippen molar-refractivity contribution in [2.45, 2.75) is 25.3 Å². The fraction of sp³-hybridized carbons (Fsp3) is 0.400. The zero-order valence-corrected chi connectivity index (χ0v) is 12.0. The van der Waals surface area contributed by atoms with Crippen LogP contribution in [0, 0.1) is 11.3 Å². The smallest absolute Gasteiger partial charge is 0.317 e. The molecule has 2 amide bonds. The SMILES string of the molecule is CN(CCC#N)C(=O)NC(CCC(=O)O)c1ccccc1. The van der Waals surface area contributed by atoms with Gasteiger partial charge in [0, 0.05) is 20.0 Å². The number of carbonyl (C=O) groups is 2. The zero-order valence-electron chi connectivity index (χ0n) is 12.0. The van der Waals surface area contributed by atoms with Gasteiger partial charge in [-0.15, -0.1) is 0 Å². The van der Waals surface area contributed by atoms with Crippen LogP contribution in [0.5, 0.6) is 0 Å². The molecule has 0 saturated carbocycles. The first kappa shape index (κ1) is 16.5. The van der Waals surface area contributed by atoms with Gasteiger partial charge in [0.2, 0.25) is 0 Å². The van der Waals surface area contributed by atoms with Gasteiger partial charge in [0.15, 0.2) is 0 Å². The van der Waals surface area contributed by atoms with Gasteiger partial charge in [-0.05, 0) is 12.0 Å². The number of hydrogen-bond donors (Lipinski definition) is 2. The van der Waals surface area contributed by atoms with Crippen molar-refractivity contribution >= 4 is 12.0 Å². The molecule has 1 rings (SSSR count). The van der Waals surface area contributed by atoms with Crippen LogP contribution >= 0.6 is 0 Å². The summed E-state index contributed by atoms with van der Waals surface area (Å²) >= 11 is 0. The quantitative estimate of drug-likeness (QED) is 0.804. The number of nitrogens with zero attached hydrogens (tertiary/aromatic N) is 2. The summed E-state index contributed by atoms with van der Waals surface area (Å²) in [7, 11) is 1.60. The average Bonchev–Trinajstić information content (AvgIpc) is 2.49. The van der Waals surface area contributed by atoms with E-state index in [1.807, 2.05) is 36.4 Å². The number of carboxylic acid groups (broad SMARTS) is 1. The Bertz CT molecular complexity index is 511. The summed E-state index contributed by atoms with van der Waals surface area (Å²) < 4.78 is 0. The number of urea groups is 1. The van der Waals surface area contributed by atoms with Gasteiger partial charge in [-0.25, -0.2) is 4.79 Å². The van der Waals surface area contributed by atoms with Crippen molar-refractivity contribution in [3.8, 4) is 6.07 Å². The van der Waals surface area contributed by atoms with Crippen LogP contribution in [0.3, 0.4) is 0 Å². The van der Waals surface area contributed by atoms with Crippen molar-refractivity contribution in [2.75, 3.05) is 13.6 Å². The second kappa shape index (κ2) is 8.59. The van der Waals surface area contributed by atoms with Gasteiger partial charge >= 0.3 is 12.0 Å². The van der Waals surface area contributed by atoms with E-state index in [0.717, 1.165) is 5.56 Å². The Morgan fingerprint density at radius 2 is 2.05 bits per heavy atom. The largest absolute Gasteiger partial charge is 0.481 e. The lowest BCUT2D eigenvalue weighted by Gasteiger charge is -2.23. The molecule has 0 bridgehead atoms. The number of nitrogens with one attached hydrogen (secondary N) is 1. The van der Waals surface area contributed by atoms with Crippen molar-refractivity contribution in [1.82, 2.24) is 10.2 Å². The molecule has 0 fully saturated rings. The van der Waals surface area contributed by atoms with Crippen LogP contribution in [0.4, 0.5) is 4.79 Å². The molecule has 0 spiro atoms. The van der Waals surface area contributed by atoms with Crippen LogP contribution < -0.4 is 5.32 Å². The summed E-state index contributed by atoms with van der Waals surface area (Å²) in [5.41, 5.74) is 0.862. The molecule has 6 nitrogen and oxygen atoms in total. The van der Waals surface area contributed by atoms with Crippen molar-refractivity contribution < 1.29 is 14.7 Å². The van der Waals surface area contributed by atoms with Crippen LogP contribution in [-0.2, 0) is 4.79 Å². The van der Waals surface area contributed by atoms with E-state index in [1.54, 1.807) is 7.05 Å². The van der Waals surface area contributed by atoms with E-state index in [-0.39, 0.29) is 24.9 Å². The number of benzene rings is 1. The fourth-order valence-corrected chi connectivity index (χ4v) is 1.85. The van der Waals surface area contributed by atoms with Crippen molar-refractivity contribution in [2.24, 2.45) is 0 Å². The second-order valence-corrected chi connectivity index (χ2v) is 4.67. The summed E-state index contributed by atoms with van der Waals surface area (Å²) in [6, 6.07) is 10.5. The van der Waals surface area contributed by atoms with Gasteiger partial charge in [0.1, 0.15) is 0 Å². The van der Waals surface area contributed by atoms with Gasteiger partial charge in [-0.3, -0.25) is 4.79 Å². The molecule has 0 aliphatic heterocycles. The maximum Gasteiger partial charge on any atom is 0.317 e. The predicted molar refractivity (Wildman–Crippen MR) is 77.4 cm³/mol. The molecule has 21 heavy (non-hydrogen) atoms. The van der Waals surface area contributed by atoms with Gasteiger partial charge in [-0.1, -0.05) is 30.3 Å². The van der Waals surface area contributed by atoms with Crippen LogP contribution in [0.15, 0.2) is 30.3 Å². The van der Waals surface area contributed by atoms with Gasteiger partial charge in [-0.2, -0.15) is 5.26 Å². The number of nitriles is 1. The van der Waals surface area contributed by atoms with Gasteiger partial charge in [0.05, 0.1) is 18.5 Å². The highest BCUT2D eigenvalue weighted by Gasteiger charge is 2.17. The van der Waals surface area contributed by atoms with E-state index < -0.39 is 5.97 Å². The lowest BCUT2D eigenvalue weighted by molar-refractivity contribution is -0.137. The zero-order chi connectivity index (χ0) is 15.7. The summed E-state index contributed by atoms with van der Waals surface area (Å²) in [6.07, 6.45) is 0.550. The lowest BCUT2D eigenvalue weighted by Crippen LogP contribution is -2.40. The van der Waals surface area contributed by atoms with E-state index in [0.29, 0.717) is 13.0 Å². The normalized spacial score (nSPS) is 11.2. The highest BCUT2D eigenvalue weighted by Crippen LogP contribution is 2.18. The molecule has 1 aromatic rings. The first-order chi connectivity index (χ1) is 10.0. The van der Waals surface area contributed by atoms with Crippen LogP contribution in [-0.4, -0.2) is 35.6 Å². The molecule has 0 aliphatic rings. The van der Waals surface area contributed by atoms with Crippen molar-refractivity contribution in [3.63, 3.8) is 0 Å². The molecular weight excluding hydrogens is 270 g/mol. The Morgan fingerprint density at radius 1 is 1.38 bits per heavy atom. The van der Waals surface area contributed by atoms with Gasteiger partial charge in [0.25, 0.3) is 0 Å². The standard InChI is InChI=1S/C15H19N3O3/c1-18(11-5-10-16)15(21)17-13(8-9-14(19)20)12-6-3-2-4-7-12/h2-4,6-7,13H,5,8-9,11H2,1H3,(H,17,21)(H,19,20). The molecule has 6 heteroatoms. The Hall–Kier alpha value is -2.55.